The molecule has 0 unspecified atom stereocenters. The topological polar surface area (TPSA) is 66.5 Å². The molecule has 1 heterocycles. The highest BCUT2D eigenvalue weighted by atomic mass is 32.2. The van der Waals surface area contributed by atoms with Crippen molar-refractivity contribution in [2.45, 2.75) is 50.3 Å². The van der Waals surface area contributed by atoms with Crippen molar-refractivity contribution in [2.75, 3.05) is 13.1 Å². The normalized spacial score (nSPS) is 29.1. The van der Waals surface area contributed by atoms with Gasteiger partial charge in [-0.1, -0.05) is 24.6 Å². The van der Waals surface area contributed by atoms with Crippen molar-refractivity contribution < 1.29 is 17.6 Å². The van der Waals surface area contributed by atoms with Crippen molar-refractivity contribution in [3.05, 3.63) is 35.6 Å². The monoisotopic (exact) mass is 394 g/mol. The van der Waals surface area contributed by atoms with Crippen molar-refractivity contribution in [1.82, 2.24) is 9.62 Å². The van der Waals surface area contributed by atoms with Gasteiger partial charge in [-0.2, -0.15) is 0 Å². The van der Waals surface area contributed by atoms with Crippen LogP contribution in [0.3, 0.4) is 0 Å². The third-order valence-electron chi connectivity index (χ3n) is 6.58. The maximum Gasteiger partial charge on any atom is 0.223 e. The Kier molecular flexibility index (Phi) is 5.25. The molecule has 1 aromatic rings. The van der Waals surface area contributed by atoms with E-state index in [1.54, 1.807) is 12.1 Å². The molecule has 3 aliphatic rings. The lowest BCUT2D eigenvalue weighted by atomic mass is 9.93. The number of amides is 1. The predicted molar refractivity (Wildman–Crippen MR) is 101 cm³/mol. The highest BCUT2D eigenvalue weighted by molar-refractivity contribution is 7.88. The van der Waals surface area contributed by atoms with Gasteiger partial charge in [0.2, 0.25) is 15.9 Å². The molecule has 0 aromatic heterocycles. The number of nitrogens with one attached hydrogen (secondary N) is 1. The summed E-state index contributed by atoms with van der Waals surface area (Å²) in [6, 6.07) is 6.28. The molecule has 1 aromatic carbocycles. The summed E-state index contributed by atoms with van der Waals surface area (Å²) < 4.78 is 40.4. The molecule has 2 aliphatic carbocycles. The molecule has 1 aliphatic heterocycles. The van der Waals surface area contributed by atoms with Gasteiger partial charge in [-0.25, -0.2) is 17.1 Å². The molecule has 7 heteroatoms. The van der Waals surface area contributed by atoms with E-state index in [0.29, 0.717) is 37.9 Å². The lowest BCUT2D eigenvalue weighted by Crippen LogP contribution is -2.46. The molecule has 1 saturated heterocycles. The van der Waals surface area contributed by atoms with E-state index in [9.17, 15) is 17.6 Å². The Bertz CT molecular complexity index is 805. The average molecular weight is 395 g/mol. The van der Waals surface area contributed by atoms with Gasteiger partial charge in [0, 0.05) is 30.6 Å². The van der Waals surface area contributed by atoms with Gasteiger partial charge in [-0.3, -0.25) is 4.79 Å². The Hall–Kier alpha value is -1.47. The molecule has 0 spiro atoms. The smallest absolute Gasteiger partial charge is 0.223 e. The minimum atomic E-state index is -3.58. The summed E-state index contributed by atoms with van der Waals surface area (Å²) in [5.74, 6) is 0.552. The SMILES string of the molecule is O=C(N[C@@H]1C[C@@H]2CC[C@@H]1C2)C1CCN(S(=O)(=O)Cc2ccccc2F)CC1. The fraction of sp³-hybridized carbons (Fsp3) is 0.650. The summed E-state index contributed by atoms with van der Waals surface area (Å²) in [4.78, 5) is 12.6. The Morgan fingerprint density at radius 2 is 1.85 bits per heavy atom. The Morgan fingerprint density at radius 1 is 1.11 bits per heavy atom. The van der Waals surface area contributed by atoms with E-state index in [-0.39, 0.29) is 23.1 Å². The van der Waals surface area contributed by atoms with Crippen LogP contribution in [0.2, 0.25) is 0 Å². The Balaban J connectivity index is 1.30. The molecular formula is C20H27FN2O3S. The van der Waals surface area contributed by atoms with Crippen molar-refractivity contribution >= 4 is 15.9 Å². The van der Waals surface area contributed by atoms with Gasteiger partial charge in [-0.15, -0.1) is 0 Å². The summed E-state index contributed by atoms with van der Waals surface area (Å²) in [6.45, 7) is 0.650. The Morgan fingerprint density at radius 3 is 2.48 bits per heavy atom. The maximum atomic E-state index is 13.8. The number of benzene rings is 1. The van der Waals surface area contributed by atoms with Crippen LogP contribution in [-0.4, -0.2) is 37.8 Å². The molecular weight excluding hydrogens is 367 g/mol. The zero-order chi connectivity index (χ0) is 19.0. The molecule has 1 amide bonds. The highest BCUT2D eigenvalue weighted by Crippen LogP contribution is 2.44. The van der Waals surface area contributed by atoms with E-state index in [0.717, 1.165) is 12.3 Å². The molecule has 2 saturated carbocycles. The van der Waals surface area contributed by atoms with Crippen LogP contribution in [-0.2, 0) is 20.6 Å². The molecule has 3 fully saturated rings. The van der Waals surface area contributed by atoms with Crippen LogP contribution in [0, 0.1) is 23.6 Å². The number of piperidine rings is 1. The van der Waals surface area contributed by atoms with Crippen LogP contribution in [0.1, 0.15) is 44.1 Å². The summed E-state index contributed by atoms with van der Waals surface area (Å²) in [5.41, 5.74) is 0.189. The van der Waals surface area contributed by atoms with E-state index in [1.165, 1.54) is 35.7 Å². The number of sulfonamides is 1. The first kappa shape index (κ1) is 18.9. The second-order valence-corrected chi connectivity index (χ2v) is 10.3. The fourth-order valence-corrected chi connectivity index (χ4v) is 6.60. The van der Waals surface area contributed by atoms with Crippen molar-refractivity contribution in [3.63, 3.8) is 0 Å². The molecule has 5 nitrogen and oxygen atoms in total. The lowest BCUT2D eigenvalue weighted by Gasteiger charge is -2.32. The van der Waals surface area contributed by atoms with Gasteiger partial charge in [0.25, 0.3) is 0 Å². The van der Waals surface area contributed by atoms with E-state index in [4.69, 9.17) is 0 Å². The number of hydrogen-bond donors (Lipinski definition) is 1. The van der Waals surface area contributed by atoms with Gasteiger partial charge >= 0.3 is 0 Å². The van der Waals surface area contributed by atoms with Crippen LogP contribution >= 0.6 is 0 Å². The second kappa shape index (κ2) is 7.51. The van der Waals surface area contributed by atoms with Crippen LogP contribution in [0.5, 0.6) is 0 Å². The highest BCUT2D eigenvalue weighted by Gasteiger charge is 2.41. The third-order valence-corrected chi connectivity index (χ3v) is 8.41. The first-order valence-electron chi connectivity index (χ1n) is 9.94. The number of fused-ring (bicyclic) bond motifs is 2. The molecule has 2 bridgehead atoms. The number of nitrogens with zero attached hydrogens (tertiary/aromatic N) is 1. The van der Waals surface area contributed by atoms with Crippen molar-refractivity contribution in [3.8, 4) is 0 Å². The predicted octanol–water partition coefficient (Wildman–Crippen LogP) is 2.67. The fourth-order valence-electron chi connectivity index (χ4n) is 5.02. The molecule has 1 N–H and O–H groups in total. The lowest BCUT2D eigenvalue weighted by molar-refractivity contribution is -0.127. The minimum Gasteiger partial charge on any atom is -0.353 e. The summed E-state index contributed by atoms with van der Waals surface area (Å²) in [5, 5.41) is 3.22. The minimum absolute atomic E-state index is 0.0821. The first-order valence-corrected chi connectivity index (χ1v) is 11.5. The zero-order valence-corrected chi connectivity index (χ0v) is 16.3. The van der Waals surface area contributed by atoms with Gasteiger partial charge in [0.15, 0.2) is 0 Å². The van der Waals surface area contributed by atoms with Crippen LogP contribution < -0.4 is 5.32 Å². The van der Waals surface area contributed by atoms with Gasteiger partial charge in [-0.05, 0) is 50.0 Å². The van der Waals surface area contributed by atoms with Crippen LogP contribution in [0.25, 0.3) is 0 Å². The molecule has 148 valence electrons. The second-order valence-electron chi connectivity index (χ2n) is 8.31. The number of hydrogen-bond acceptors (Lipinski definition) is 3. The Labute approximate surface area is 160 Å². The molecule has 3 atom stereocenters. The van der Waals surface area contributed by atoms with Crippen LogP contribution in [0.4, 0.5) is 4.39 Å². The van der Waals surface area contributed by atoms with Crippen molar-refractivity contribution in [2.24, 2.45) is 17.8 Å². The summed E-state index contributed by atoms with van der Waals surface area (Å²) in [6.07, 6.45) is 5.94. The number of halogens is 1. The largest absolute Gasteiger partial charge is 0.353 e. The van der Waals surface area contributed by atoms with Gasteiger partial charge in [0.05, 0.1) is 5.75 Å². The molecule has 4 rings (SSSR count). The first-order chi connectivity index (χ1) is 12.9. The molecule has 27 heavy (non-hydrogen) atoms. The van der Waals surface area contributed by atoms with Gasteiger partial charge < -0.3 is 5.32 Å². The van der Waals surface area contributed by atoms with E-state index in [1.807, 2.05) is 0 Å². The maximum absolute atomic E-state index is 13.8. The van der Waals surface area contributed by atoms with Crippen molar-refractivity contribution in [1.29, 1.82) is 0 Å². The van der Waals surface area contributed by atoms with E-state index >= 15 is 0 Å². The number of rotatable bonds is 5. The standard InChI is InChI=1S/C20H27FN2O3S/c21-18-4-2-1-3-17(18)13-27(25,26)23-9-7-15(8-10-23)20(24)22-19-12-14-5-6-16(19)11-14/h1-4,14-16,19H,5-13H2,(H,22,24)/t14-,16-,19-/m1/s1. The molecule has 0 radical (unpaired) electrons. The third kappa shape index (κ3) is 4.04. The number of carbonyl (C=O) groups is 1. The van der Waals surface area contributed by atoms with E-state index in [2.05, 4.69) is 5.32 Å². The van der Waals surface area contributed by atoms with Crippen LogP contribution in [0.15, 0.2) is 24.3 Å². The summed E-state index contributed by atoms with van der Waals surface area (Å²) in [7, 11) is -3.58. The quantitative estimate of drug-likeness (QED) is 0.835. The van der Waals surface area contributed by atoms with E-state index < -0.39 is 15.8 Å². The average Bonchev–Trinajstić information content (AvgIpc) is 3.27. The van der Waals surface area contributed by atoms with Gasteiger partial charge in [0.1, 0.15) is 5.82 Å². The number of carbonyl (C=O) groups excluding carboxylic acids is 1. The zero-order valence-electron chi connectivity index (χ0n) is 15.4. The summed E-state index contributed by atoms with van der Waals surface area (Å²) >= 11 is 0.